The first-order valence-electron chi connectivity index (χ1n) is 17.2. The van der Waals surface area contributed by atoms with E-state index in [2.05, 4.69) is 20.9 Å². The van der Waals surface area contributed by atoms with E-state index in [1.165, 1.54) is 31.5 Å². The monoisotopic (exact) mass is 756 g/mol. The van der Waals surface area contributed by atoms with Gasteiger partial charge in [-0.2, -0.15) is 0 Å². The average molecular weight is 757 g/mol. The molecule has 55 heavy (non-hydrogen) atoms. The number of aromatic nitrogens is 1. The Bertz CT molecular complexity index is 2280. The molecule has 2 aliphatic carbocycles. The van der Waals surface area contributed by atoms with E-state index < -0.39 is 46.3 Å². The van der Waals surface area contributed by atoms with Crippen molar-refractivity contribution in [2.45, 2.75) is 37.8 Å². The number of ether oxygens (including phenoxy) is 5. The second kappa shape index (κ2) is 15.1. The molecule has 2 aliphatic rings. The normalized spacial score (nSPS) is 14.6. The number of carbonyl (C=O) groups excluding carboxylic acids is 3. The molecular formula is C40H35F3N4O8. The molecule has 7 rings (SSSR count). The molecule has 0 radical (unpaired) electrons. The number of rotatable bonds is 14. The van der Waals surface area contributed by atoms with E-state index in [1.54, 1.807) is 37.4 Å². The molecule has 2 fully saturated rings. The van der Waals surface area contributed by atoms with Gasteiger partial charge >= 0.3 is 6.09 Å². The zero-order chi connectivity index (χ0) is 38.7. The maximum atomic E-state index is 15.3. The maximum Gasteiger partial charge on any atom is 0.408 e. The topological polar surface area (TPSA) is 146 Å². The fourth-order valence-corrected chi connectivity index (χ4v) is 5.82. The van der Waals surface area contributed by atoms with Gasteiger partial charge in [0.1, 0.15) is 41.7 Å². The van der Waals surface area contributed by atoms with Crippen molar-refractivity contribution in [3.8, 4) is 28.7 Å². The van der Waals surface area contributed by atoms with Gasteiger partial charge in [0.05, 0.1) is 31.0 Å². The number of nitrogens with one attached hydrogen (secondary N) is 3. The Balaban J connectivity index is 0.973. The maximum absolute atomic E-state index is 15.3. The smallest absolute Gasteiger partial charge is 0.408 e. The molecule has 15 heteroatoms. The number of benzene rings is 4. The van der Waals surface area contributed by atoms with E-state index in [1.807, 2.05) is 12.1 Å². The SMILES string of the molecule is COc1ccc(COC(=O)NC2(COc3cc4nccc(Oc5ccc(NC(=O)C6(C(=O)Nc7ccc(F)c(F)c7)CC6)c(F)c5)c4cc3OC)CC2)cc1. The summed E-state index contributed by atoms with van der Waals surface area (Å²) in [4.78, 5) is 43.0. The van der Waals surface area contributed by atoms with Crippen LogP contribution < -0.4 is 34.9 Å². The summed E-state index contributed by atoms with van der Waals surface area (Å²) in [5.41, 5.74) is -0.963. The molecule has 0 unspecified atom stereocenters. The number of amides is 3. The highest BCUT2D eigenvalue weighted by atomic mass is 19.2. The summed E-state index contributed by atoms with van der Waals surface area (Å²) in [6, 6.07) is 18.8. The van der Waals surface area contributed by atoms with Gasteiger partial charge in [0.25, 0.3) is 0 Å². The minimum Gasteiger partial charge on any atom is -0.497 e. The average Bonchev–Trinajstić information content (AvgIpc) is 4.13. The summed E-state index contributed by atoms with van der Waals surface area (Å²) < 4.78 is 70.5. The number of carbonyl (C=O) groups is 3. The van der Waals surface area contributed by atoms with Crippen molar-refractivity contribution in [1.29, 1.82) is 0 Å². The first-order valence-corrected chi connectivity index (χ1v) is 17.2. The third-order valence-corrected chi connectivity index (χ3v) is 9.45. The van der Waals surface area contributed by atoms with E-state index in [4.69, 9.17) is 23.7 Å². The molecule has 0 aliphatic heterocycles. The van der Waals surface area contributed by atoms with E-state index >= 15 is 4.39 Å². The predicted octanol–water partition coefficient (Wildman–Crippen LogP) is 7.66. The molecule has 0 saturated heterocycles. The number of hydrogen-bond donors (Lipinski definition) is 3. The summed E-state index contributed by atoms with van der Waals surface area (Å²) in [5, 5.41) is 8.33. The van der Waals surface area contributed by atoms with Crippen LogP contribution in [0.3, 0.4) is 0 Å². The van der Waals surface area contributed by atoms with E-state index in [0.29, 0.717) is 46.7 Å². The second-order valence-electron chi connectivity index (χ2n) is 13.3. The van der Waals surface area contributed by atoms with Gasteiger partial charge in [-0.25, -0.2) is 18.0 Å². The number of alkyl carbamates (subject to hydrolysis) is 1. The van der Waals surface area contributed by atoms with Gasteiger partial charge in [-0.1, -0.05) is 12.1 Å². The largest absolute Gasteiger partial charge is 0.497 e. The van der Waals surface area contributed by atoms with Crippen LogP contribution >= 0.6 is 0 Å². The van der Waals surface area contributed by atoms with Crippen LogP contribution in [0.2, 0.25) is 0 Å². The van der Waals surface area contributed by atoms with Gasteiger partial charge in [0.15, 0.2) is 23.1 Å². The van der Waals surface area contributed by atoms with Crippen LogP contribution in [0.25, 0.3) is 10.9 Å². The van der Waals surface area contributed by atoms with Crippen molar-refractivity contribution in [3.63, 3.8) is 0 Å². The number of hydrogen-bond acceptors (Lipinski definition) is 9. The minimum absolute atomic E-state index is 0.0129. The number of pyridine rings is 1. The number of fused-ring (bicyclic) bond motifs is 1. The van der Waals surface area contributed by atoms with Crippen LogP contribution in [0.15, 0.2) is 85.1 Å². The summed E-state index contributed by atoms with van der Waals surface area (Å²) in [6.07, 6.45) is 2.75. The van der Waals surface area contributed by atoms with Gasteiger partial charge in [-0.15, -0.1) is 0 Å². The molecule has 284 valence electrons. The lowest BCUT2D eigenvalue weighted by Gasteiger charge is -2.20. The van der Waals surface area contributed by atoms with Crippen molar-refractivity contribution >= 4 is 40.2 Å². The standard InChI is InChI=1S/C40H35F3N4O8/c1-51-25-6-3-23(4-7-25)21-53-38(50)47-39(12-13-39)22-54-35-20-32-27(19-34(35)52-2)33(11-16-44-32)55-26-8-10-31(30(43)18-26)46-37(49)40(14-15-40)36(48)45-24-5-9-28(41)29(42)17-24/h3-11,16-20H,12-15,21-22H2,1-2H3,(H,45,48)(H,46,49)(H,47,50). The molecule has 4 aromatic carbocycles. The van der Waals surface area contributed by atoms with Crippen LogP contribution in [-0.2, 0) is 20.9 Å². The van der Waals surface area contributed by atoms with Crippen molar-refractivity contribution in [2.75, 3.05) is 31.5 Å². The number of nitrogens with zero attached hydrogens (tertiary/aromatic N) is 1. The first kappa shape index (κ1) is 36.8. The third-order valence-electron chi connectivity index (χ3n) is 9.45. The molecule has 2 saturated carbocycles. The van der Waals surface area contributed by atoms with Crippen molar-refractivity contribution in [3.05, 3.63) is 108 Å². The zero-order valence-electron chi connectivity index (χ0n) is 29.7. The zero-order valence-corrected chi connectivity index (χ0v) is 29.7. The van der Waals surface area contributed by atoms with Gasteiger partial charge in [-0.05, 0) is 79.8 Å². The Hall–Kier alpha value is -6.51. The lowest BCUT2D eigenvalue weighted by atomic mass is 10.0. The second-order valence-corrected chi connectivity index (χ2v) is 13.3. The Labute approximate surface area is 312 Å². The molecule has 0 atom stereocenters. The lowest BCUT2D eigenvalue weighted by Crippen LogP contribution is -2.41. The molecule has 1 aromatic heterocycles. The quantitative estimate of drug-likeness (QED) is 0.0973. The van der Waals surface area contributed by atoms with Gasteiger partial charge < -0.3 is 39.6 Å². The summed E-state index contributed by atoms with van der Waals surface area (Å²) in [6.45, 7) is 0.256. The Morgan fingerprint density at radius 2 is 1.47 bits per heavy atom. The van der Waals surface area contributed by atoms with Crippen LogP contribution in [0, 0.1) is 22.9 Å². The Morgan fingerprint density at radius 1 is 0.727 bits per heavy atom. The molecule has 0 bridgehead atoms. The summed E-state index contributed by atoms with van der Waals surface area (Å²) >= 11 is 0. The lowest BCUT2D eigenvalue weighted by molar-refractivity contribution is -0.131. The third kappa shape index (κ3) is 8.20. The molecule has 3 amide bonds. The van der Waals surface area contributed by atoms with E-state index in [-0.39, 0.29) is 43.2 Å². The van der Waals surface area contributed by atoms with Crippen LogP contribution in [0.4, 0.5) is 29.3 Å². The van der Waals surface area contributed by atoms with Gasteiger partial charge in [0.2, 0.25) is 11.8 Å². The minimum atomic E-state index is -1.48. The number of methoxy groups -OCH3 is 2. The highest BCUT2D eigenvalue weighted by Crippen LogP contribution is 2.48. The van der Waals surface area contributed by atoms with E-state index in [0.717, 1.165) is 23.8 Å². The van der Waals surface area contributed by atoms with E-state index in [9.17, 15) is 23.2 Å². The fourth-order valence-electron chi connectivity index (χ4n) is 5.82. The van der Waals surface area contributed by atoms with Gasteiger partial charge in [0, 0.05) is 35.5 Å². The summed E-state index contributed by atoms with van der Waals surface area (Å²) in [5.74, 6) is -2.59. The molecule has 5 aromatic rings. The molecule has 12 nitrogen and oxygen atoms in total. The highest BCUT2D eigenvalue weighted by molar-refractivity contribution is 6.17. The molecule has 3 N–H and O–H groups in total. The number of halogens is 3. The predicted molar refractivity (Wildman–Crippen MR) is 194 cm³/mol. The van der Waals surface area contributed by atoms with Crippen LogP contribution in [0.5, 0.6) is 28.7 Å². The molecular weight excluding hydrogens is 721 g/mol. The van der Waals surface area contributed by atoms with Crippen LogP contribution in [0.1, 0.15) is 31.2 Å². The fraction of sp³-hybridized carbons (Fsp3) is 0.250. The highest BCUT2D eigenvalue weighted by Gasteiger charge is 2.56. The Kier molecular flexibility index (Phi) is 10.1. The summed E-state index contributed by atoms with van der Waals surface area (Å²) in [7, 11) is 3.06. The molecule has 0 spiro atoms. The van der Waals surface area contributed by atoms with Crippen molar-refractivity contribution in [2.24, 2.45) is 5.41 Å². The van der Waals surface area contributed by atoms with Crippen molar-refractivity contribution < 1.29 is 51.2 Å². The van der Waals surface area contributed by atoms with Gasteiger partial charge in [-0.3, -0.25) is 14.6 Å². The first-order chi connectivity index (χ1) is 26.5. The number of anilines is 2. The van der Waals surface area contributed by atoms with Crippen LogP contribution in [-0.4, -0.2) is 49.3 Å². The Morgan fingerprint density at radius 3 is 2.15 bits per heavy atom. The van der Waals surface area contributed by atoms with Crippen molar-refractivity contribution in [1.82, 2.24) is 10.3 Å². The molecule has 1 heterocycles.